The van der Waals surface area contributed by atoms with Crippen LogP contribution in [0.5, 0.6) is 0 Å². The van der Waals surface area contributed by atoms with Gasteiger partial charge in [-0.25, -0.2) is 4.98 Å². The molecule has 3 rings (SSSR count). The molecule has 3 aromatic rings. The number of nitrogens with zero attached hydrogens (tertiary/aromatic N) is 4. The first-order valence-corrected chi connectivity index (χ1v) is 8.29. The van der Waals surface area contributed by atoms with E-state index in [0.29, 0.717) is 16.1 Å². The lowest BCUT2D eigenvalue weighted by molar-refractivity contribution is -0.122. The van der Waals surface area contributed by atoms with E-state index in [-0.39, 0.29) is 24.1 Å². The molecule has 0 spiro atoms. The molecule has 0 radical (unpaired) electrons. The monoisotopic (exact) mass is 359 g/mol. The van der Waals surface area contributed by atoms with Gasteiger partial charge in [-0.05, 0) is 24.1 Å². The Bertz CT molecular complexity index is 961. The summed E-state index contributed by atoms with van der Waals surface area (Å²) < 4.78 is 2.81. The molecule has 1 unspecified atom stereocenters. The van der Waals surface area contributed by atoms with Crippen molar-refractivity contribution in [3.05, 3.63) is 57.7 Å². The highest BCUT2D eigenvalue weighted by Crippen LogP contribution is 2.19. The van der Waals surface area contributed by atoms with Crippen molar-refractivity contribution in [1.82, 2.24) is 24.6 Å². The van der Waals surface area contributed by atoms with Gasteiger partial charge in [0.25, 0.3) is 5.56 Å². The van der Waals surface area contributed by atoms with Gasteiger partial charge in [0.1, 0.15) is 18.3 Å². The van der Waals surface area contributed by atoms with Crippen molar-refractivity contribution in [2.45, 2.75) is 25.9 Å². The number of carbonyl (C=O) groups is 1. The summed E-state index contributed by atoms with van der Waals surface area (Å²) in [7, 11) is 1.71. The zero-order valence-electron chi connectivity index (χ0n) is 13.9. The third kappa shape index (κ3) is 3.56. The van der Waals surface area contributed by atoms with Crippen LogP contribution in [0.15, 0.2) is 41.6 Å². The molecule has 0 aliphatic carbocycles. The number of hydrogen-bond acceptors (Lipinski definition) is 4. The van der Waals surface area contributed by atoms with Crippen LogP contribution in [0.1, 0.15) is 24.9 Å². The Kier molecular flexibility index (Phi) is 4.85. The van der Waals surface area contributed by atoms with Crippen molar-refractivity contribution in [3.8, 4) is 0 Å². The lowest BCUT2D eigenvalue weighted by Gasteiger charge is -2.18. The highest BCUT2D eigenvalue weighted by molar-refractivity contribution is 6.30. The third-order valence-electron chi connectivity index (χ3n) is 4.05. The first kappa shape index (κ1) is 17.2. The van der Waals surface area contributed by atoms with E-state index in [1.165, 1.54) is 21.8 Å². The van der Waals surface area contributed by atoms with Crippen molar-refractivity contribution >= 4 is 28.5 Å². The number of hydrogen-bond donors (Lipinski definition) is 1. The first-order valence-electron chi connectivity index (χ1n) is 7.91. The predicted molar refractivity (Wildman–Crippen MR) is 95.4 cm³/mol. The molecule has 0 saturated carbocycles. The zero-order chi connectivity index (χ0) is 18.0. The highest BCUT2D eigenvalue weighted by atomic mass is 35.5. The number of carbonyl (C=O) groups excluding carboxylic acids is 1. The predicted octanol–water partition coefficient (Wildman–Crippen LogP) is 2.05. The van der Waals surface area contributed by atoms with Gasteiger partial charge in [0, 0.05) is 12.1 Å². The van der Waals surface area contributed by atoms with Gasteiger partial charge in [-0.1, -0.05) is 30.7 Å². The second-order valence-corrected chi connectivity index (χ2v) is 6.20. The molecule has 0 fully saturated rings. The summed E-state index contributed by atoms with van der Waals surface area (Å²) in [5, 5.41) is 7.99. The zero-order valence-corrected chi connectivity index (χ0v) is 14.7. The van der Waals surface area contributed by atoms with Crippen molar-refractivity contribution in [2.75, 3.05) is 0 Å². The maximum Gasteiger partial charge on any atom is 0.264 e. The van der Waals surface area contributed by atoms with Gasteiger partial charge in [0.15, 0.2) is 5.65 Å². The van der Waals surface area contributed by atoms with Crippen LogP contribution in [0, 0.1) is 0 Å². The van der Waals surface area contributed by atoms with Gasteiger partial charge < -0.3 is 5.32 Å². The number of aromatic nitrogens is 4. The van der Waals surface area contributed by atoms with E-state index in [2.05, 4.69) is 15.4 Å². The number of rotatable bonds is 5. The van der Waals surface area contributed by atoms with Gasteiger partial charge in [-0.3, -0.25) is 18.8 Å². The van der Waals surface area contributed by atoms with Crippen molar-refractivity contribution in [1.29, 1.82) is 0 Å². The summed E-state index contributed by atoms with van der Waals surface area (Å²) in [6, 6.07) is 7.20. The fourth-order valence-corrected chi connectivity index (χ4v) is 2.82. The Balaban J connectivity index is 1.76. The number of halogens is 1. The minimum atomic E-state index is -0.284. The maximum absolute atomic E-state index is 12.4. The summed E-state index contributed by atoms with van der Waals surface area (Å²) >= 11 is 5.90. The molecular weight excluding hydrogens is 342 g/mol. The summed E-state index contributed by atoms with van der Waals surface area (Å²) in [6.45, 7) is 1.88. The van der Waals surface area contributed by atoms with Crippen LogP contribution in [-0.4, -0.2) is 25.2 Å². The Morgan fingerprint density at radius 2 is 2.04 bits per heavy atom. The lowest BCUT2D eigenvalue weighted by Crippen LogP contribution is -2.34. The molecule has 1 amide bonds. The van der Waals surface area contributed by atoms with Gasteiger partial charge in [0.2, 0.25) is 5.91 Å². The van der Waals surface area contributed by atoms with Gasteiger partial charge in [-0.2, -0.15) is 5.10 Å². The Labute approximate surface area is 149 Å². The fourth-order valence-electron chi connectivity index (χ4n) is 2.69. The average molecular weight is 360 g/mol. The number of benzene rings is 1. The molecule has 0 saturated heterocycles. The highest BCUT2D eigenvalue weighted by Gasteiger charge is 2.15. The largest absolute Gasteiger partial charge is 0.348 e. The van der Waals surface area contributed by atoms with E-state index in [9.17, 15) is 9.59 Å². The van der Waals surface area contributed by atoms with Crippen LogP contribution >= 0.6 is 11.6 Å². The summed E-state index contributed by atoms with van der Waals surface area (Å²) in [5.74, 6) is -0.256. The Morgan fingerprint density at radius 1 is 1.32 bits per heavy atom. The molecule has 0 aliphatic rings. The smallest absolute Gasteiger partial charge is 0.264 e. The van der Waals surface area contributed by atoms with E-state index >= 15 is 0 Å². The van der Waals surface area contributed by atoms with Crippen LogP contribution < -0.4 is 10.9 Å². The molecule has 0 aliphatic heterocycles. The first-order chi connectivity index (χ1) is 12.0. The molecule has 130 valence electrons. The maximum atomic E-state index is 12.4. The van der Waals surface area contributed by atoms with E-state index in [1.807, 2.05) is 19.1 Å². The Hall–Kier alpha value is -2.67. The van der Waals surface area contributed by atoms with Crippen molar-refractivity contribution in [3.63, 3.8) is 0 Å². The number of fused-ring (bicyclic) bond motifs is 1. The fraction of sp³-hybridized carbons (Fsp3) is 0.294. The van der Waals surface area contributed by atoms with Crippen molar-refractivity contribution < 1.29 is 4.79 Å². The number of aryl methyl sites for hydroxylation is 1. The summed E-state index contributed by atoms with van der Waals surface area (Å²) in [5.41, 5.74) is 1.18. The van der Waals surface area contributed by atoms with E-state index < -0.39 is 0 Å². The molecule has 1 atom stereocenters. The lowest BCUT2D eigenvalue weighted by atomic mass is 10.0. The molecular formula is C17H18ClN5O2. The molecule has 0 bridgehead atoms. The normalized spacial score (nSPS) is 12.3. The van der Waals surface area contributed by atoms with Crippen LogP contribution in [0.4, 0.5) is 0 Å². The Morgan fingerprint density at radius 3 is 2.72 bits per heavy atom. The van der Waals surface area contributed by atoms with Crippen molar-refractivity contribution in [2.24, 2.45) is 7.05 Å². The molecule has 7 nitrogen and oxygen atoms in total. The number of nitrogens with one attached hydrogen (secondary N) is 1. The molecule has 1 aromatic carbocycles. The standard InChI is InChI=1S/C17H18ClN5O2/c1-3-14(11-4-6-12(18)7-5-11)21-15(24)9-23-10-19-16-13(17(23)25)8-20-22(16)2/h4-8,10,14H,3,9H2,1-2H3,(H,21,24). The van der Waals surface area contributed by atoms with Gasteiger partial charge in [-0.15, -0.1) is 0 Å². The average Bonchev–Trinajstić information content (AvgIpc) is 2.98. The minimum absolute atomic E-state index is 0.0965. The molecule has 8 heteroatoms. The van der Waals surface area contributed by atoms with E-state index in [0.717, 1.165) is 12.0 Å². The summed E-state index contributed by atoms with van der Waals surface area (Å²) in [6.07, 6.45) is 3.55. The quantitative estimate of drug-likeness (QED) is 0.756. The summed E-state index contributed by atoms with van der Waals surface area (Å²) in [4.78, 5) is 29.0. The van der Waals surface area contributed by atoms with Gasteiger partial charge in [0.05, 0.1) is 12.2 Å². The second-order valence-electron chi connectivity index (χ2n) is 5.76. The molecule has 2 aromatic heterocycles. The van der Waals surface area contributed by atoms with E-state index in [4.69, 9.17) is 11.6 Å². The number of amides is 1. The second kappa shape index (κ2) is 7.06. The molecule has 25 heavy (non-hydrogen) atoms. The van der Waals surface area contributed by atoms with Crippen LogP contribution in [0.2, 0.25) is 5.02 Å². The SMILES string of the molecule is CCC(NC(=O)Cn1cnc2c(cnn2C)c1=O)c1ccc(Cl)cc1. The minimum Gasteiger partial charge on any atom is -0.348 e. The van der Waals surface area contributed by atoms with E-state index in [1.54, 1.807) is 19.2 Å². The van der Waals surface area contributed by atoms with Crippen LogP contribution in [0.25, 0.3) is 11.0 Å². The molecule has 2 heterocycles. The topological polar surface area (TPSA) is 81.8 Å². The van der Waals surface area contributed by atoms with Gasteiger partial charge >= 0.3 is 0 Å². The molecule has 1 N–H and O–H groups in total. The van der Waals surface area contributed by atoms with Crippen LogP contribution in [0.3, 0.4) is 0 Å². The van der Waals surface area contributed by atoms with Crippen LogP contribution in [-0.2, 0) is 18.4 Å². The third-order valence-corrected chi connectivity index (χ3v) is 4.30.